The van der Waals surface area contributed by atoms with E-state index in [1.807, 2.05) is 22.6 Å². The van der Waals surface area contributed by atoms with Crippen LogP contribution < -0.4 is 5.32 Å². The summed E-state index contributed by atoms with van der Waals surface area (Å²) in [6.45, 7) is 0. The monoisotopic (exact) mass is 425 g/mol. The van der Waals surface area contributed by atoms with Crippen LogP contribution in [0, 0.1) is 3.57 Å². The van der Waals surface area contributed by atoms with Crippen LogP contribution in [0.3, 0.4) is 0 Å². The molecule has 1 N–H and O–H groups in total. The molecule has 2 aromatic carbocycles. The summed E-state index contributed by atoms with van der Waals surface area (Å²) in [5.41, 5.74) is -0.152. The molecule has 0 aliphatic carbocycles. The van der Waals surface area contributed by atoms with Crippen LogP contribution in [-0.4, -0.2) is 5.91 Å². The quantitative estimate of drug-likeness (QED) is 0.657. The Balaban J connectivity index is 2.14. The first-order valence-corrected chi connectivity index (χ1v) is 7.17. The third kappa shape index (κ3) is 4.10. The van der Waals surface area contributed by atoms with Crippen molar-refractivity contribution in [2.45, 2.75) is 6.18 Å². The summed E-state index contributed by atoms with van der Waals surface area (Å²) in [7, 11) is 0. The van der Waals surface area contributed by atoms with E-state index in [1.54, 1.807) is 12.1 Å². The number of hydrogen-bond acceptors (Lipinski definition) is 1. The van der Waals surface area contributed by atoms with E-state index in [9.17, 15) is 18.0 Å². The minimum atomic E-state index is -4.40. The molecule has 0 spiro atoms. The number of nitrogens with one attached hydrogen (secondary N) is 1. The van der Waals surface area contributed by atoms with Crippen LogP contribution in [0.4, 0.5) is 18.9 Å². The van der Waals surface area contributed by atoms with Gasteiger partial charge in [-0.2, -0.15) is 13.2 Å². The summed E-state index contributed by atoms with van der Waals surface area (Å²) in [5, 5.41) is 2.96. The highest BCUT2D eigenvalue weighted by Gasteiger charge is 2.29. The van der Waals surface area contributed by atoms with Crippen molar-refractivity contribution in [3.05, 3.63) is 62.2 Å². The number of amides is 1. The third-order valence-electron chi connectivity index (χ3n) is 2.65. The molecule has 0 atom stereocenters. The first kappa shape index (κ1) is 16.1. The number of alkyl halides is 3. The van der Waals surface area contributed by atoms with Crippen LogP contribution in [0.1, 0.15) is 15.9 Å². The van der Waals surface area contributed by atoms with Crippen molar-refractivity contribution in [1.82, 2.24) is 0 Å². The van der Waals surface area contributed by atoms with E-state index in [2.05, 4.69) is 5.32 Å². The second-order valence-electron chi connectivity index (χ2n) is 4.16. The van der Waals surface area contributed by atoms with Gasteiger partial charge in [-0.15, -0.1) is 0 Å². The predicted octanol–water partition coefficient (Wildman–Crippen LogP) is 5.22. The van der Waals surface area contributed by atoms with Gasteiger partial charge in [-0.3, -0.25) is 4.79 Å². The third-order valence-corrected chi connectivity index (χ3v) is 4.22. The van der Waals surface area contributed by atoms with E-state index in [1.165, 1.54) is 18.2 Å². The first-order valence-electron chi connectivity index (χ1n) is 5.71. The topological polar surface area (TPSA) is 29.1 Å². The molecule has 21 heavy (non-hydrogen) atoms. The Morgan fingerprint density at radius 2 is 1.71 bits per heavy atom. The van der Waals surface area contributed by atoms with Gasteiger partial charge in [-0.1, -0.05) is 11.6 Å². The number of rotatable bonds is 2. The molecule has 0 fully saturated rings. The SMILES string of the molecule is O=C(Nc1ccc(C(F)(F)F)cc1)c1ccc(I)c(Cl)c1. The van der Waals surface area contributed by atoms with Crippen LogP contribution in [-0.2, 0) is 6.18 Å². The number of anilines is 1. The lowest BCUT2D eigenvalue weighted by atomic mass is 10.2. The predicted molar refractivity (Wildman–Crippen MR) is 83.6 cm³/mol. The zero-order valence-electron chi connectivity index (χ0n) is 10.3. The summed E-state index contributed by atoms with van der Waals surface area (Å²) in [6.07, 6.45) is -4.40. The van der Waals surface area contributed by atoms with Crippen molar-refractivity contribution < 1.29 is 18.0 Å². The van der Waals surface area contributed by atoms with E-state index in [0.717, 1.165) is 15.7 Å². The molecule has 0 aromatic heterocycles. The molecule has 0 saturated carbocycles. The number of benzene rings is 2. The molecule has 2 nitrogen and oxygen atoms in total. The summed E-state index contributed by atoms with van der Waals surface area (Å²) < 4.78 is 38.1. The van der Waals surface area contributed by atoms with Gasteiger partial charge in [0.1, 0.15) is 0 Å². The second-order valence-corrected chi connectivity index (χ2v) is 5.73. The summed E-state index contributed by atoms with van der Waals surface area (Å²) in [6, 6.07) is 9.01. The highest BCUT2D eigenvalue weighted by molar-refractivity contribution is 14.1. The van der Waals surface area contributed by atoms with Crippen LogP contribution >= 0.6 is 34.2 Å². The van der Waals surface area contributed by atoms with Crippen LogP contribution in [0.5, 0.6) is 0 Å². The Kier molecular flexibility index (Phi) is 4.77. The first-order chi connectivity index (χ1) is 9.77. The van der Waals surface area contributed by atoms with Gasteiger partial charge in [0, 0.05) is 14.8 Å². The van der Waals surface area contributed by atoms with E-state index >= 15 is 0 Å². The Bertz CT molecular complexity index is 671. The fourth-order valence-corrected chi connectivity index (χ4v) is 2.10. The van der Waals surface area contributed by atoms with Crippen LogP contribution in [0.2, 0.25) is 5.02 Å². The van der Waals surface area contributed by atoms with Crippen molar-refractivity contribution in [3.63, 3.8) is 0 Å². The van der Waals surface area contributed by atoms with Crippen molar-refractivity contribution in [1.29, 1.82) is 0 Å². The second kappa shape index (κ2) is 6.23. The van der Waals surface area contributed by atoms with Gasteiger partial charge in [-0.05, 0) is 65.1 Å². The van der Waals surface area contributed by atoms with Crippen molar-refractivity contribution in [2.24, 2.45) is 0 Å². The van der Waals surface area contributed by atoms with Gasteiger partial charge in [-0.25, -0.2) is 0 Å². The maximum absolute atomic E-state index is 12.4. The number of carbonyl (C=O) groups is 1. The normalized spacial score (nSPS) is 11.3. The van der Waals surface area contributed by atoms with Gasteiger partial charge in [0.25, 0.3) is 5.91 Å². The summed E-state index contributed by atoms with van der Waals surface area (Å²) in [5.74, 6) is -0.437. The average molecular weight is 426 g/mol. The average Bonchev–Trinajstić information content (AvgIpc) is 2.41. The fraction of sp³-hybridized carbons (Fsp3) is 0.0714. The molecule has 110 valence electrons. The van der Waals surface area contributed by atoms with Gasteiger partial charge in [0.05, 0.1) is 10.6 Å². The minimum absolute atomic E-state index is 0.280. The molecule has 0 saturated heterocycles. The molecule has 0 radical (unpaired) electrons. The summed E-state index contributed by atoms with van der Waals surface area (Å²) >= 11 is 7.95. The van der Waals surface area contributed by atoms with Gasteiger partial charge < -0.3 is 5.32 Å². The molecule has 2 rings (SSSR count). The molecular weight excluding hydrogens is 418 g/mol. The Labute approximate surface area is 137 Å². The lowest BCUT2D eigenvalue weighted by molar-refractivity contribution is -0.137. The van der Waals surface area contributed by atoms with Crippen LogP contribution in [0.25, 0.3) is 0 Å². The molecule has 7 heteroatoms. The molecular formula is C14H8ClF3INO. The Hall–Kier alpha value is -1.28. The Morgan fingerprint density at radius 3 is 2.24 bits per heavy atom. The molecule has 0 aliphatic heterocycles. The largest absolute Gasteiger partial charge is 0.416 e. The summed E-state index contributed by atoms with van der Waals surface area (Å²) in [4.78, 5) is 12.0. The smallest absolute Gasteiger partial charge is 0.322 e. The van der Waals surface area contributed by atoms with Crippen molar-refractivity contribution in [2.75, 3.05) is 5.32 Å². The van der Waals surface area contributed by atoms with E-state index < -0.39 is 17.6 Å². The molecule has 0 bridgehead atoms. The number of carbonyl (C=O) groups excluding carboxylic acids is 1. The fourth-order valence-electron chi connectivity index (χ4n) is 1.58. The lowest BCUT2D eigenvalue weighted by Gasteiger charge is -2.09. The van der Waals surface area contributed by atoms with E-state index in [4.69, 9.17) is 11.6 Å². The minimum Gasteiger partial charge on any atom is -0.322 e. The molecule has 2 aromatic rings. The zero-order valence-corrected chi connectivity index (χ0v) is 13.3. The van der Waals surface area contributed by atoms with Gasteiger partial charge in [0.2, 0.25) is 0 Å². The van der Waals surface area contributed by atoms with E-state index in [-0.39, 0.29) is 5.69 Å². The molecule has 0 aliphatic rings. The van der Waals surface area contributed by atoms with Crippen LogP contribution in [0.15, 0.2) is 42.5 Å². The highest BCUT2D eigenvalue weighted by atomic mass is 127. The van der Waals surface area contributed by atoms with E-state index in [0.29, 0.717) is 10.6 Å². The molecule has 0 unspecified atom stereocenters. The molecule has 1 amide bonds. The standard InChI is InChI=1S/C14H8ClF3INO/c15-11-7-8(1-6-12(11)19)13(21)20-10-4-2-9(3-5-10)14(16,17)18/h1-7H,(H,20,21). The lowest BCUT2D eigenvalue weighted by Crippen LogP contribution is -2.12. The maximum atomic E-state index is 12.4. The highest BCUT2D eigenvalue weighted by Crippen LogP contribution is 2.30. The maximum Gasteiger partial charge on any atom is 0.416 e. The Morgan fingerprint density at radius 1 is 1.10 bits per heavy atom. The zero-order chi connectivity index (χ0) is 15.6. The molecule has 0 heterocycles. The number of hydrogen-bond donors (Lipinski definition) is 1. The van der Waals surface area contributed by atoms with Crippen molar-refractivity contribution >= 4 is 45.8 Å². The van der Waals surface area contributed by atoms with Gasteiger partial charge in [0.15, 0.2) is 0 Å². The van der Waals surface area contributed by atoms with Gasteiger partial charge >= 0.3 is 6.18 Å². The number of halogens is 5. The van der Waals surface area contributed by atoms with Crippen molar-refractivity contribution in [3.8, 4) is 0 Å².